The number of hydrogen-bond donors (Lipinski definition) is 7. The van der Waals surface area contributed by atoms with E-state index in [4.69, 9.17) is 5.73 Å². The van der Waals surface area contributed by atoms with Crippen LogP contribution in [0.15, 0.2) is 91.1 Å². The number of likely N-dealkylation sites (tertiary alicyclic amines) is 2. The van der Waals surface area contributed by atoms with Crippen molar-refractivity contribution in [1.82, 2.24) is 41.4 Å². The standard InChI is InChI=1S/C49H61N9O8/c1-4-5-21-37(42(50)59)54-47(64)40-23-14-25-57(40)49(66)41-24-15-26-58(41)48(65)39(27-32-16-8-6-9-17-32)56-46(63)38(28-34-29-51-36-22-13-12-20-35(34)36)55-44(61)31(3)52-43(60)30(2)53-45(62)33-18-10-7-11-19-33/h6-13,16-20,22,29-31,37-41,51H,4-5,14-15,21,23-28H2,1-3H3,(H2,50,59)(H,52,60)(H,53,62)(H,54,64)(H,55,61)(H,56,63)/t30-,31-,37-,38-,39-,40-,41-/m0/s1. The minimum atomic E-state index is -1.24. The lowest BCUT2D eigenvalue weighted by molar-refractivity contribution is -0.148. The van der Waals surface area contributed by atoms with Gasteiger partial charge in [-0.2, -0.15) is 0 Å². The maximum Gasteiger partial charge on any atom is 0.251 e. The molecule has 17 heteroatoms. The highest BCUT2D eigenvalue weighted by Gasteiger charge is 2.44. The first-order chi connectivity index (χ1) is 31.7. The fourth-order valence-corrected chi connectivity index (χ4v) is 8.63. The van der Waals surface area contributed by atoms with Crippen LogP contribution < -0.4 is 32.3 Å². The highest BCUT2D eigenvalue weighted by atomic mass is 16.2. The Labute approximate surface area is 384 Å². The number of para-hydroxylation sites is 1. The average molecular weight is 904 g/mol. The van der Waals surface area contributed by atoms with Crippen molar-refractivity contribution in [2.75, 3.05) is 13.1 Å². The second kappa shape index (κ2) is 22.7. The Hall–Kier alpha value is -7.04. The maximum atomic E-state index is 14.8. The lowest BCUT2D eigenvalue weighted by Gasteiger charge is -2.33. The molecule has 0 saturated carbocycles. The number of aromatic nitrogens is 1. The Kier molecular flexibility index (Phi) is 16.7. The number of carbonyl (C=O) groups excluding carboxylic acids is 8. The highest BCUT2D eigenvalue weighted by Crippen LogP contribution is 2.27. The van der Waals surface area contributed by atoms with Crippen molar-refractivity contribution < 1.29 is 38.4 Å². The van der Waals surface area contributed by atoms with Crippen molar-refractivity contribution in [2.24, 2.45) is 5.73 Å². The molecule has 0 aliphatic carbocycles. The fourth-order valence-electron chi connectivity index (χ4n) is 8.63. The van der Waals surface area contributed by atoms with Gasteiger partial charge >= 0.3 is 0 Å². The Morgan fingerprint density at radius 2 is 1.27 bits per heavy atom. The molecule has 7 atom stereocenters. The zero-order chi connectivity index (χ0) is 47.3. The van der Waals surface area contributed by atoms with Crippen LogP contribution in [0.3, 0.4) is 0 Å². The molecule has 0 bridgehead atoms. The number of aromatic amines is 1. The highest BCUT2D eigenvalue weighted by molar-refractivity contribution is 6.00. The molecule has 3 aromatic carbocycles. The molecule has 8 amide bonds. The largest absolute Gasteiger partial charge is 0.368 e. The van der Waals surface area contributed by atoms with Crippen molar-refractivity contribution in [1.29, 1.82) is 0 Å². The summed E-state index contributed by atoms with van der Waals surface area (Å²) in [4.78, 5) is 115. The number of carbonyl (C=O) groups is 8. The third-order valence-corrected chi connectivity index (χ3v) is 12.3. The molecule has 2 aliphatic rings. The second-order valence-corrected chi connectivity index (χ2v) is 17.2. The van der Waals surface area contributed by atoms with E-state index in [0.29, 0.717) is 56.2 Å². The third-order valence-electron chi connectivity index (χ3n) is 12.3. The number of nitrogens with zero attached hydrogens (tertiary/aromatic N) is 2. The molecular formula is C49H61N9O8. The predicted molar refractivity (Wildman–Crippen MR) is 247 cm³/mol. The van der Waals surface area contributed by atoms with Crippen LogP contribution in [-0.4, -0.2) is 117 Å². The van der Waals surface area contributed by atoms with E-state index in [-0.39, 0.29) is 25.3 Å². The Balaban J connectivity index is 1.20. The molecule has 0 radical (unpaired) electrons. The van der Waals surface area contributed by atoms with Gasteiger partial charge in [-0.3, -0.25) is 38.4 Å². The van der Waals surface area contributed by atoms with Gasteiger partial charge in [0.1, 0.15) is 42.3 Å². The minimum absolute atomic E-state index is 0.0102. The quantitative estimate of drug-likeness (QED) is 0.0693. The van der Waals surface area contributed by atoms with Crippen LogP contribution in [0.5, 0.6) is 0 Å². The molecule has 350 valence electrons. The van der Waals surface area contributed by atoms with Crippen LogP contribution in [-0.2, 0) is 46.4 Å². The Bertz CT molecular complexity index is 2370. The molecule has 6 rings (SSSR count). The molecule has 3 heterocycles. The molecule has 2 saturated heterocycles. The topological polar surface area (TPSA) is 245 Å². The zero-order valence-corrected chi connectivity index (χ0v) is 37.7. The number of nitrogens with two attached hydrogens (primary N) is 1. The van der Waals surface area contributed by atoms with Gasteiger partial charge in [-0.05, 0) is 75.3 Å². The molecule has 4 aromatic rings. The van der Waals surface area contributed by atoms with Crippen molar-refractivity contribution in [3.05, 3.63) is 108 Å². The first kappa shape index (κ1) is 48.4. The molecule has 17 nitrogen and oxygen atoms in total. The molecule has 1 aromatic heterocycles. The van der Waals surface area contributed by atoms with E-state index in [1.54, 1.807) is 36.5 Å². The van der Waals surface area contributed by atoms with Gasteiger partial charge in [-0.1, -0.05) is 86.5 Å². The van der Waals surface area contributed by atoms with Gasteiger partial charge in [-0.15, -0.1) is 0 Å². The van der Waals surface area contributed by atoms with Gasteiger partial charge in [-0.25, -0.2) is 0 Å². The molecule has 2 aliphatic heterocycles. The van der Waals surface area contributed by atoms with Crippen molar-refractivity contribution in [3.8, 4) is 0 Å². The van der Waals surface area contributed by atoms with Crippen LogP contribution in [0, 0.1) is 0 Å². The SMILES string of the molecule is CCCC[C@H](NC(=O)[C@@H]1CCCN1C(=O)[C@@H]1CCCN1C(=O)[C@H](Cc1ccccc1)NC(=O)[C@H](Cc1c[nH]c2ccccc12)NC(=O)[C@H](C)NC(=O)[C@H](C)NC(=O)c1ccccc1)C(N)=O. The Morgan fingerprint density at radius 1 is 0.667 bits per heavy atom. The summed E-state index contributed by atoms with van der Waals surface area (Å²) in [7, 11) is 0. The second-order valence-electron chi connectivity index (χ2n) is 17.2. The van der Waals surface area contributed by atoms with E-state index in [9.17, 15) is 38.4 Å². The molecule has 8 N–H and O–H groups in total. The summed E-state index contributed by atoms with van der Waals surface area (Å²) in [6.07, 6.45) is 5.51. The minimum Gasteiger partial charge on any atom is -0.368 e. The number of benzene rings is 3. The smallest absolute Gasteiger partial charge is 0.251 e. The molecule has 0 spiro atoms. The summed E-state index contributed by atoms with van der Waals surface area (Å²) in [5.41, 5.74) is 8.23. The normalized spacial score (nSPS) is 18.0. The summed E-state index contributed by atoms with van der Waals surface area (Å²) in [5.74, 6) is -4.43. The van der Waals surface area contributed by atoms with E-state index >= 15 is 0 Å². The van der Waals surface area contributed by atoms with E-state index in [1.807, 2.05) is 61.5 Å². The van der Waals surface area contributed by atoms with Gasteiger partial charge in [0.25, 0.3) is 5.91 Å². The van der Waals surface area contributed by atoms with Gasteiger partial charge in [0.2, 0.25) is 41.4 Å². The van der Waals surface area contributed by atoms with Gasteiger partial charge in [0, 0.05) is 48.6 Å². The van der Waals surface area contributed by atoms with Crippen LogP contribution >= 0.6 is 0 Å². The summed E-state index contributed by atoms with van der Waals surface area (Å²) in [6.45, 7) is 5.45. The van der Waals surface area contributed by atoms with Crippen LogP contribution in [0.25, 0.3) is 10.9 Å². The summed E-state index contributed by atoms with van der Waals surface area (Å²) in [6, 6.07) is 17.8. The maximum absolute atomic E-state index is 14.8. The number of primary amides is 1. The number of hydrogen-bond acceptors (Lipinski definition) is 8. The summed E-state index contributed by atoms with van der Waals surface area (Å²) in [5, 5.41) is 14.5. The zero-order valence-electron chi connectivity index (χ0n) is 37.7. The number of fused-ring (bicyclic) bond motifs is 1. The monoisotopic (exact) mass is 903 g/mol. The summed E-state index contributed by atoms with van der Waals surface area (Å²) >= 11 is 0. The number of unbranched alkanes of at least 4 members (excludes halogenated alkanes) is 1. The molecule has 66 heavy (non-hydrogen) atoms. The molecular weight excluding hydrogens is 843 g/mol. The van der Waals surface area contributed by atoms with Crippen LogP contribution in [0.4, 0.5) is 0 Å². The predicted octanol–water partition coefficient (Wildman–Crippen LogP) is 2.39. The molecule has 2 fully saturated rings. The summed E-state index contributed by atoms with van der Waals surface area (Å²) < 4.78 is 0. The first-order valence-corrected chi connectivity index (χ1v) is 22.8. The fraction of sp³-hybridized carbons (Fsp3) is 0.429. The lowest BCUT2D eigenvalue weighted by Crippen LogP contribution is -2.60. The number of H-pyrrole nitrogens is 1. The van der Waals surface area contributed by atoms with E-state index in [0.717, 1.165) is 22.9 Å². The number of amides is 8. The third kappa shape index (κ3) is 12.2. The van der Waals surface area contributed by atoms with Crippen LogP contribution in [0.1, 0.15) is 87.2 Å². The van der Waals surface area contributed by atoms with Gasteiger partial charge in [0.05, 0.1) is 0 Å². The average Bonchev–Trinajstić information content (AvgIpc) is 4.11. The first-order valence-electron chi connectivity index (χ1n) is 22.8. The van der Waals surface area contributed by atoms with Crippen molar-refractivity contribution >= 4 is 58.2 Å². The Morgan fingerprint density at radius 3 is 1.97 bits per heavy atom. The van der Waals surface area contributed by atoms with Gasteiger partial charge in [0.15, 0.2) is 0 Å². The van der Waals surface area contributed by atoms with Crippen LogP contribution in [0.2, 0.25) is 0 Å². The molecule has 0 unspecified atom stereocenters. The van der Waals surface area contributed by atoms with Gasteiger partial charge < -0.3 is 47.1 Å². The van der Waals surface area contributed by atoms with Crippen molar-refractivity contribution in [3.63, 3.8) is 0 Å². The van der Waals surface area contributed by atoms with E-state index in [2.05, 4.69) is 31.6 Å². The van der Waals surface area contributed by atoms with Crippen molar-refractivity contribution in [2.45, 2.75) is 121 Å². The van der Waals surface area contributed by atoms with E-state index < -0.39 is 83.6 Å². The lowest BCUT2D eigenvalue weighted by atomic mass is 10.0. The van der Waals surface area contributed by atoms with E-state index in [1.165, 1.54) is 23.6 Å². The number of nitrogens with one attached hydrogen (secondary N) is 6. The number of rotatable bonds is 20.